The van der Waals surface area contributed by atoms with Gasteiger partial charge < -0.3 is 5.11 Å². The summed E-state index contributed by atoms with van der Waals surface area (Å²) in [5.74, 6) is -0.459. The first-order chi connectivity index (χ1) is 9.37. The fourth-order valence-electron chi connectivity index (χ4n) is 1.67. The number of pyridine rings is 1. The summed E-state index contributed by atoms with van der Waals surface area (Å²) in [7, 11) is -3.59. The lowest BCUT2D eigenvalue weighted by atomic mass is 10.0. The highest BCUT2D eigenvalue weighted by atomic mass is 79.9. The molecular weight excluding hydrogens is 386 g/mol. The summed E-state index contributed by atoms with van der Waals surface area (Å²) in [6, 6.07) is 7.91. The van der Waals surface area contributed by atoms with Crippen LogP contribution in [0.3, 0.4) is 0 Å². The predicted molar refractivity (Wildman–Crippen MR) is 83.3 cm³/mol. The molecule has 0 spiro atoms. The van der Waals surface area contributed by atoms with Gasteiger partial charge in [0.1, 0.15) is 15.0 Å². The van der Waals surface area contributed by atoms with Crippen LogP contribution in [0.1, 0.15) is 5.69 Å². The molecule has 1 unspecified atom stereocenters. The molecule has 0 saturated carbocycles. The SMILES string of the molecule is O=S(=O)(CC(O)(CBr)c1cccc(Cl)n1)c1cccs1. The van der Waals surface area contributed by atoms with Crippen molar-refractivity contribution in [3.63, 3.8) is 0 Å². The number of halogens is 2. The van der Waals surface area contributed by atoms with Gasteiger partial charge >= 0.3 is 0 Å². The zero-order valence-corrected chi connectivity index (χ0v) is 14.1. The Labute approximate surface area is 134 Å². The molecule has 108 valence electrons. The Morgan fingerprint density at radius 2 is 2.10 bits per heavy atom. The highest BCUT2D eigenvalue weighted by molar-refractivity contribution is 9.09. The Kier molecular flexibility index (Phi) is 4.86. The molecule has 20 heavy (non-hydrogen) atoms. The second-order valence-electron chi connectivity index (χ2n) is 4.20. The molecule has 0 aliphatic heterocycles. The summed E-state index contributed by atoms with van der Waals surface area (Å²) in [4.78, 5) is 4.01. The first-order valence-electron chi connectivity index (χ1n) is 5.55. The van der Waals surface area contributed by atoms with Crippen LogP contribution in [0.15, 0.2) is 39.9 Å². The topological polar surface area (TPSA) is 67.3 Å². The Bertz CT molecular complexity index is 690. The fourth-order valence-corrected chi connectivity index (χ4v) is 5.27. The summed E-state index contributed by atoms with van der Waals surface area (Å²) >= 11 is 10.1. The molecule has 1 N–H and O–H groups in total. The molecule has 2 rings (SSSR count). The number of hydrogen-bond acceptors (Lipinski definition) is 5. The quantitative estimate of drug-likeness (QED) is 0.623. The normalized spacial score (nSPS) is 14.9. The lowest BCUT2D eigenvalue weighted by Gasteiger charge is -2.24. The van der Waals surface area contributed by atoms with Gasteiger partial charge in [-0.15, -0.1) is 11.3 Å². The second kappa shape index (κ2) is 6.11. The summed E-state index contributed by atoms with van der Waals surface area (Å²) < 4.78 is 24.8. The summed E-state index contributed by atoms with van der Waals surface area (Å²) in [6.07, 6.45) is 0. The van der Waals surface area contributed by atoms with Gasteiger partial charge in [0.2, 0.25) is 0 Å². The number of aliphatic hydroxyl groups is 1. The monoisotopic (exact) mass is 395 g/mol. The molecular formula is C12H11BrClNO3S2. The van der Waals surface area contributed by atoms with Crippen molar-refractivity contribution in [3.8, 4) is 0 Å². The van der Waals surface area contributed by atoms with Crippen LogP contribution in [0.4, 0.5) is 0 Å². The smallest absolute Gasteiger partial charge is 0.190 e. The summed E-state index contributed by atoms with van der Waals surface area (Å²) in [5, 5.41) is 12.5. The number of sulfone groups is 1. The van der Waals surface area contributed by atoms with Gasteiger partial charge in [0.15, 0.2) is 9.84 Å². The third kappa shape index (κ3) is 3.40. The number of hydrogen-bond donors (Lipinski definition) is 1. The van der Waals surface area contributed by atoms with Gasteiger partial charge in [0, 0.05) is 5.33 Å². The number of nitrogens with zero attached hydrogens (tertiary/aromatic N) is 1. The summed E-state index contributed by atoms with van der Waals surface area (Å²) in [6.45, 7) is 0. The molecule has 4 nitrogen and oxygen atoms in total. The number of aromatic nitrogens is 1. The van der Waals surface area contributed by atoms with Crippen molar-refractivity contribution >= 4 is 48.7 Å². The number of thiophene rings is 1. The lowest BCUT2D eigenvalue weighted by Crippen LogP contribution is -2.37. The Morgan fingerprint density at radius 1 is 1.35 bits per heavy atom. The maximum absolute atomic E-state index is 12.3. The van der Waals surface area contributed by atoms with Gasteiger partial charge in [-0.1, -0.05) is 39.7 Å². The van der Waals surface area contributed by atoms with E-state index in [1.807, 2.05) is 0 Å². The van der Waals surface area contributed by atoms with Crippen molar-refractivity contribution < 1.29 is 13.5 Å². The van der Waals surface area contributed by atoms with Gasteiger partial charge in [-0.2, -0.15) is 0 Å². The third-order valence-corrected chi connectivity index (χ3v) is 7.10. The molecule has 0 radical (unpaired) electrons. The number of alkyl halides is 1. The van der Waals surface area contributed by atoms with Crippen molar-refractivity contribution in [1.29, 1.82) is 0 Å². The third-order valence-electron chi connectivity index (χ3n) is 2.64. The Hall–Kier alpha value is -0.470. The van der Waals surface area contributed by atoms with E-state index in [-0.39, 0.29) is 20.4 Å². The molecule has 0 fully saturated rings. The molecule has 2 aromatic heterocycles. The van der Waals surface area contributed by atoms with Gasteiger partial charge in [0.05, 0.1) is 11.4 Å². The molecule has 0 aromatic carbocycles. The van der Waals surface area contributed by atoms with E-state index >= 15 is 0 Å². The molecule has 0 saturated heterocycles. The van der Waals surface area contributed by atoms with Crippen LogP contribution in [-0.2, 0) is 15.4 Å². The van der Waals surface area contributed by atoms with E-state index in [4.69, 9.17) is 11.6 Å². The van der Waals surface area contributed by atoms with Crippen molar-refractivity contribution in [2.24, 2.45) is 0 Å². The number of rotatable bonds is 5. The minimum absolute atomic E-state index is 0.0396. The molecule has 8 heteroatoms. The van der Waals surface area contributed by atoms with E-state index < -0.39 is 21.2 Å². The first kappa shape index (κ1) is 15.9. The van der Waals surface area contributed by atoms with Crippen LogP contribution < -0.4 is 0 Å². The van der Waals surface area contributed by atoms with Crippen LogP contribution in [0.25, 0.3) is 0 Å². The maximum atomic E-state index is 12.3. The lowest BCUT2D eigenvalue weighted by molar-refractivity contribution is 0.0839. The van der Waals surface area contributed by atoms with E-state index in [0.717, 1.165) is 11.3 Å². The highest BCUT2D eigenvalue weighted by Crippen LogP contribution is 2.29. The Balaban J connectivity index is 2.38. The average molecular weight is 397 g/mol. The van der Waals surface area contributed by atoms with Gasteiger partial charge in [0.25, 0.3) is 0 Å². The molecule has 0 amide bonds. The van der Waals surface area contributed by atoms with Gasteiger partial charge in [-0.3, -0.25) is 0 Å². The van der Waals surface area contributed by atoms with Crippen LogP contribution >= 0.6 is 38.9 Å². The van der Waals surface area contributed by atoms with Gasteiger partial charge in [-0.25, -0.2) is 13.4 Å². The summed E-state index contributed by atoms with van der Waals surface area (Å²) in [5.41, 5.74) is -1.41. The predicted octanol–water partition coefficient (Wildman–Crippen LogP) is 2.85. The first-order valence-corrected chi connectivity index (χ1v) is 9.58. The second-order valence-corrected chi connectivity index (χ2v) is 8.31. The molecule has 1 atom stereocenters. The van der Waals surface area contributed by atoms with Crippen molar-refractivity contribution in [2.75, 3.05) is 11.1 Å². The maximum Gasteiger partial charge on any atom is 0.190 e. The van der Waals surface area contributed by atoms with Crippen molar-refractivity contribution in [1.82, 2.24) is 4.98 Å². The molecule has 0 bridgehead atoms. The van der Waals surface area contributed by atoms with Crippen molar-refractivity contribution in [3.05, 3.63) is 46.6 Å². The Morgan fingerprint density at radius 3 is 2.65 bits per heavy atom. The van der Waals surface area contributed by atoms with Crippen molar-refractivity contribution in [2.45, 2.75) is 9.81 Å². The van der Waals surface area contributed by atoms with Crippen LogP contribution in [0.5, 0.6) is 0 Å². The molecule has 2 aromatic rings. The highest BCUT2D eigenvalue weighted by Gasteiger charge is 2.36. The minimum Gasteiger partial charge on any atom is -0.382 e. The van der Waals surface area contributed by atoms with E-state index in [9.17, 15) is 13.5 Å². The largest absolute Gasteiger partial charge is 0.382 e. The van der Waals surface area contributed by atoms with Crippen LogP contribution in [-0.4, -0.2) is 29.6 Å². The zero-order chi connectivity index (χ0) is 14.8. The molecule has 2 heterocycles. The van der Waals surface area contributed by atoms with Crippen LogP contribution in [0.2, 0.25) is 5.15 Å². The van der Waals surface area contributed by atoms with E-state index in [1.54, 1.807) is 29.6 Å². The zero-order valence-electron chi connectivity index (χ0n) is 10.2. The van der Waals surface area contributed by atoms with E-state index in [0.29, 0.717) is 0 Å². The molecule has 0 aliphatic carbocycles. The molecule has 0 aliphatic rings. The van der Waals surface area contributed by atoms with E-state index in [1.165, 1.54) is 6.07 Å². The fraction of sp³-hybridized carbons (Fsp3) is 0.250. The standard InChI is InChI=1S/C12H11BrClNO3S2/c13-7-12(16,9-3-1-4-10(14)15-9)8-20(17,18)11-5-2-6-19-11/h1-6,16H,7-8H2. The van der Waals surface area contributed by atoms with Gasteiger partial charge in [-0.05, 0) is 23.6 Å². The average Bonchev–Trinajstić information content (AvgIpc) is 2.93. The van der Waals surface area contributed by atoms with E-state index in [2.05, 4.69) is 20.9 Å². The van der Waals surface area contributed by atoms with Crippen LogP contribution in [0, 0.1) is 0 Å². The minimum atomic E-state index is -3.59.